The molecule has 0 saturated carbocycles. The second kappa shape index (κ2) is 3.75. The number of hydrogen-bond acceptors (Lipinski definition) is 2. The summed E-state index contributed by atoms with van der Waals surface area (Å²) >= 11 is 0. The first-order valence-electron chi connectivity index (χ1n) is 6.43. The molecule has 0 saturated heterocycles. The summed E-state index contributed by atoms with van der Waals surface area (Å²) in [5.41, 5.74) is 2.97. The largest absolute Gasteiger partial charge is 0.489 e. The molecule has 1 aliphatic heterocycles. The number of benzene rings is 1. The highest BCUT2D eigenvalue weighted by atomic mass is 16.5. The van der Waals surface area contributed by atoms with Crippen molar-refractivity contribution >= 4 is 0 Å². The second-order valence-electron chi connectivity index (χ2n) is 6.74. The van der Waals surface area contributed by atoms with Crippen LogP contribution < -0.4 is 4.74 Å². The van der Waals surface area contributed by atoms with Crippen LogP contribution >= 0.6 is 0 Å². The molecule has 0 bridgehead atoms. The van der Waals surface area contributed by atoms with Crippen molar-refractivity contribution in [2.24, 2.45) is 0 Å². The van der Waals surface area contributed by atoms with Crippen LogP contribution in [-0.2, 0) is 10.8 Å². The van der Waals surface area contributed by atoms with Crippen LogP contribution in [0.5, 0.6) is 5.75 Å². The summed E-state index contributed by atoms with van der Waals surface area (Å²) in [7, 11) is 0. The highest BCUT2D eigenvalue weighted by Gasteiger charge is 2.41. The van der Waals surface area contributed by atoms with Gasteiger partial charge in [0.25, 0.3) is 0 Å². The van der Waals surface area contributed by atoms with Crippen molar-refractivity contribution in [2.45, 2.75) is 58.5 Å². The molecule has 0 spiro atoms. The van der Waals surface area contributed by atoms with E-state index < -0.39 is 0 Å². The predicted molar refractivity (Wildman–Crippen MR) is 73.0 cm³/mol. The molecule has 1 heterocycles. The van der Waals surface area contributed by atoms with Gasteiger partial charge in [0, 0.05) is 16.5 Å². The lowest BCUT2D eigenvalue weighted by atomic mass is 9.77. The quantitative estimate of drug-likeness (QED) is 0.692. The van der Waals surface area contributed by atoms with Gasteiger partial charge >= 0.3 is 0 Å². The van der Waals surface area contributed by atoms with Crippen molar-refractivity contribution in [3.63, 3.8) is 0 Å². The lowest BCUT2D eigenvalue weighted by Gasteiger charge is -2.23. The molecule has 0 aliphatic carbocycles. The van der Waals surface area contributed by atoms with Crippen molar-refractivity contribution in [3.05, 3.63) is 28.8 Å². The molecule has 18 heavy (non-hydrogen) atoms. The first-order valence-corrected chi connectivity index (χ1v) is 6.43. The fraction of sp³-hybridized carbons (Fsp3) is 0.562. The SMILES string of the molecule is CC1Oc2c(C(C)(C)C)cc(C#N)cc2C1(C)C. The molecule has 1 aromatic rings. The predicted octanol–water partition coefficient (Wildman–Crippen LogP) is 3.91. The Morgan fingerprint density at radius 1 is 1.28 bits per heavy atom. The third-order valence-electron chi connectivity index (χ3n) is 4.03. The van der Waals surface area contributed by atoms with Gasteiger partial charge < -0.3 is 4.74 Å². The van der Waals surface area contributed by atoms with E-state index in [2.05, 4.69) is 47.6 Å². The van der Waals surface area contributed by atoms with Gasteiger partial charge in [-0.3, -0.25) is 0 Å². The number of nitrogens with zero attached hydrogens (tertiary/aromatic N) is 1. The number of nitriles is 1. The Labute approximate surface area is 110 Å². The Hall–Kier alpha value is -1.49. The van der Waals surface area contributed by atoms with E-state index in [1.165, 1.54) is 5.56 Å². The van der Waals surface area contributed by atoms with Crippen molar-refractivity contribution in [1.82, 2.24) is 0 Å². The molecule has 0 radical (unpaired) electrons. The lowest BCUT2D eigenvalue weighted by molar-refractivity contribution is 0.183. The number of ether oxygens (including phenoxy) is 1. The second-order valence-corrected chi connectivity index (χ2v) is 6.74. The molecule has 0 aromatic heterocycles. The van der Waals surface area contributed by atoms with Gasteiger partial charge in [-0.25, -0.2) is 0 Å². The minimum absolute atomic E-state index is 0.0168. The Morgan fingerprint density at radius 2 is 1.89 bits per heavy atom. The molecular weight excluding hydrogens is 222 g/mol. The van der Waals surface area contributed by atoms with Crippen LogP contribution in [-0.4, -0.2) is 6.10 Å². The molecule has 0 fully saturated rings. The molecule has 2 rings (SSSR count). The Bertz CT molecular complexity index is 529. The summed E-state index contributed by atoms with van der Waals surface area (Å²) < 4.78 is 6.07. The van der Waals surface area contributed by atoms with Crippen molar-refractivity contribution in [3.8, 4) is 11.8 Å². The molecule has 0 amide bonds. The summed E-state index contributed by atoms with van der Waals surface area (Å²) in [5.74, 6) is 0.985. The Balaban J connectivity index is 2.74. The summed E-state index contributed by atoms with van der Waals surface area (Å²) in [6, 6.07) is 6.21. The van der Waals surface area contributed by atoms with Gasteiger partial charge in [-0.2, -0.15) is 5.26 Å². The van der Waals surface area contributed by atoms with Gasteiger partial charge in [-0.15, -0.1) is 0 Å². The van der Waals surface area contributed by atoms with Gasteiger partial charge in [0.1, 0.15) is 11.9 Å². The molecule has 1 atom stereocenters. The van der Waals surface area contributed by atoms with E-state index in [4.69, 9.17) is 4.74 Å². The van der Waals surface area contributed by atoms with Gasteiger partial charge in [0.05, 0.1) is 11.6 Å². The van der Waals surface area contributed by atoms with Crippen molar-refractivity contribution in [1.29, 1.82) is 5.26 Å². The molecule has 0 N–H and O–H groups in total. The smallest absolute Gasteiger partial charge is 0.127 e. The zero-order valence-electron chi connectivity index (χ0n) is 12.1. The van der Waals surface area contributed by atoms with Crippen molar-refractivity contribution < 1.29 is 4.74 Å². The van der Waals surface area contributed by atoms with Crippen molar-refractivity contribution in [2.75, 3.05) is 0 Å². The minimum atomic E-state index is -0.0395. The highest BCUT2D eigenvalue weighted by Crippen LogP contribution is 2.48. The maximum atomic E-state index is 9.20. The molecule has 2 heteroatoms. The molecule has 1 aromatic carbocycles. The van der Waals surface area contributed by atoms with Crippen LogP contribution in [0.1, 0.15) is 58.2 Å². The maximum absolute atomic E-state index is 9.20. The first kappa shape index (κ1) is 13.0. The third-order valence-corrected chi connectivity index (χ3v) is 4.03. The molecule has 2 nitrogen and oxygen atoms in total. The van der Waals surface area contributed by atoms with E-state index in [1.54, 1.807) is 0 Å². The van der Waals surface area contributed by atoms with E-state index in [0.29, 0.717) is 0 Å². The number of hydrogen-bond donors (Lipinski definition) is 0. The van der Waals surface area contributed by atoms with E-state index >= 15 is 0 Å². The van der Waals surface area contributed by atoms with Gasteiger partial charge in [-0.1, -0.05) is 34.6 Å². The van der Waals surface area contributed by atoms with E-state index in [0.717, 1.165) is 16.9 Å². The number of rotatable bonds is 0. The average Bonchev–Trinajstić information content (AvgIpc) is 2.48. The van der Waals surface area contributed by atoms with Gasteiger partial charge in [-0.05, 0) is 24.5 Å². The van der Waals surface area contributed by atoms with Gasteiger partial charge in [0.2, 0.25) is 0 Å². The molecular formula is C16H21NO. The van der Waals surface area contributed by atoms with Crippen LogP contribution in [0.3, 0.4) is 0 Å². The van der Waals surface area contributed by atoms with Crippen LogP contribution in [0.25, 0.3) is 0 Å². The van der Waals surface area contributed by atoms with Crippen LogP contribution in [0.2, 0.25) is 0 Å². The van der Waals surface area contributed by atoms with Crippen LogP contribution in [0.15, 0.2) is 12.1 Å². The molecule has 1 unspecified atom stereocenters. The zero-order chi connectivity index (χ0) is 13.7. The summed E-state index contributed by atoms with van der Waals surface area (Å²) in [5, 5.41) is 9.20. The zero-order valence-corrected chi connectivity index (χ0v) is 12.1. The fourth-order valence-corrected chi connectivity index (χ4v) is 2.40. The molecule has 1 aliphatic rings. The topological polar surface area (TPSA) is 33.0 Å². The number of fused-ring (bicyclic) bond motifs is 1. The Morgan fingerprint density at radius 3 is 2.39 bits per heavy atom. The van der Waals surface area contributed by atoms with Gasteiger partial charge in [0.15, 0.2) is 0 Å². The van der Waals surface area contributed by atoms with E-state index in [-0.39, 0.29) is 16.9 Å². The highest BCUT2D eigenvalue weighted by molar-refractivity contribution is 5.56. The summed E-state index contributed by atoms with van der Waals surface area (Å²) in [6.07, 6.45) is 0.141. The standard InChI is InChI=1S/C16H21NO/c1-10-16(5,6)13-8-11(9-17)7-12(14(13)18-10)15(2,3)4/h7-8,10H,1-6H3. The fourth-order valence-electron chi connectivity index (χ4n) is 2.40. The molecule has 96 valence electrons. The Kier molecular flexibility index (Phi) is 2.70. The average molecular weight is 243 g/mol. The minimum Gasteiger partial charge on any atom is -0.489 e. The van der Waals surface area contributed by atoms with E-state index in [1.807, 2.05) is 12.1 Å². The third kappa shape index (κ3) is 1.79. The maximum Gasteiger partial charge on any atom is 0.127 e. The normalized spacial score (nSPS) is 21.1. The lowest BCUT2D eigenvalue weighted by Crippen LogP contribution is -2.28. The van der Waals surface area contributed by atoms with Crippen LogP contribution in [0.4, 0.5) is 0 Å². The summed E-state index contributed by atoms with van der Waals surface area (Å²) in [6.45, 7) is 12.9. The monoisotopic (exact) mass is 243 g/mol. The van der Waals surface area contributed by atoms with E-state index in [9.17, 15) is 5.26 Å². The summed E-state index contributed by atoms with van der Waals surface area (Å²) in [4.78, 5) is 0. The first-order chi connectivity index (χ1) is 8.17. The van der Waals surface area contributed by atoms with Crippen LogP contribution in [0, 0.1) is 11.3 Å².